The predicted octanol–water partition coefficient (Wildman–Crippen LogP) is 3.14. The lowest BCUT2D eigenvalue weighted by Crippen LogP contribution is -2.20. The van der Waals surface area contributed by atoms with Crippen LogP contribution in [0.15, 0.2) is 24.3 Å². The Hall–Kier alpha value is -1.74. The third kappa shape index (κ3) is 1.26. The molecule has 0 aliphatic heterocycles. The van der Waals surface area contributed by atoms with Crippen molar-refractivity contribution >= 4 is 22.9 Å². The maximum atomic E-state index is 12.3. The van der Waals surface area contributed by atoms with Crippen molar-refractivity contribution in [3.05, 3.63) is 56.3 Å². The second-order valence-electron chi connectivity index (χ2n) is 4.17. The van der Waals surface area contributed by atoms with Gasteiger partial charge in [0.1, 0.15) is 0 Å². The van der Waals surface area contributed by atoms with Crippen LogP contribution in [0.5, 0.6) is 0 Å². The molecule has 0 spiro atoms. The Balaban J connectivity index is 2.39. The summed E-state index contributed by atoms with van der Waals surface area (Å²) in [5.41, 5.74) is 2.28. The van der Waals surface area contributed by atoms with Gasteiger partial charge >= 0.3 is 0 Å². The zero-order valence-corrected chi connectivity index (χ0v) is 10.4. The van der Waals surface area contributed by atoms with E-state index in [1.54, 1.807) is 24.3 Å². The van der Waals surface area contributed by atoms with Gasteiger partial charge in [-0.25, -0.2) is 0 Å². The van der Waals surface area contributed by atoms with Gasteiger partial charge in [-0.2, -0.15) is 0 Å². The third-order valence-corrected chi connectivity index (χ3v) is 4.15. The number of benzene rings is 1. The van der Waals surface area contributed by atoms with E-state index in [1.807, 2.05) is 13.8 Å². The highest BCUT2D eigenvalue weighted by Crippen LogP contribution is 2.35. The Morgan fingerprint density at radius 1 is 0.824 bits per heavy atom. The lowest BCUT2D eigenvalue weighted by molar-refractivity contribution is 0.0979. The molecule has 1 heterocycles. The Morgan fingerprint density at radius 2 is 1.24 bits per heavy atom. The van der Waals surface area contributed by atoms with Gasteiger partial charge in [-0.15, -0.1) is 11.3 Å². The fraction of sp³-hybridized carbons (Fsp3) is 0.143. The summed E-state index contributed by atoms with van der Waals surface area (Å²) in [5.74, 6) is -0.0332. The van der Waals surface area contributed by atoms with Crippen LogP contribution in [0.4, 0.5) is 0 Å². The highest BCUT2D eigenvalue weighted by Gasteiger charge is 2.33. The summed E-state index contributed by atoms with van der Waals surface area (Å²) in [6.07, 6.45) is 0. The molecule has 1 aromatic carbocycles. The van der Waals surface area contributed by atoms with Gasteiger partial charge in [-0.3, -0.25) is 9.59 Å². The Morgan fingerprint density at radius 3 is 1.65 bits per heavy atom. The van der Waals surface area contributed by atoms with Gasteiger partial charge in [0.15, 0.2) is 11.6 Å². The second kappa shape index (κ2) is 3.37. The molecule has 2 aromatic rings. The standard InChI is InChI=1S/C14H10O2S/c1-7-11-12(8(2)17-7)14(16)10-6-4-3-5-9(10)13(11)15/h3-6H,1-2H3. The predicted molar refractivity (Wildman–Crippen MR) is 67.1 cm³/mol. The van der Waals surface area contributed by atoms with Crippen molar-refractivity contribution in [3.63, 3.8) is 0 Å². The molecule has 0 bridgehead atoms. The molecule has 0 atom stereocenters. The number of carbonyl (C=O) groups is 2. The number of fused-ring (bicyclic) bond motifs is 2. The first-order valence-corrected chi connectivity index (χ1v) is 6.21. The molecule has 0 amide bonds. The number of thiophene rings is 1. The van der Waals surface area contributed by atoms with Crippen LogP contribution in [-0.4, -0.2) is 11.6 Å². The van der Waals surface area contributed by atoms with E-state index in [9.17, 15) is 9.59 Å². The van der Waals surface area contributed by atoms with Crippen LogP contribution in [0.2, 0.25) is 0 Å². The SMILES string of the molecule is Cc1sc(C)c2c1C(=O)c1ccccc1C2=O. The largest absolute Gasteiger partial charge is 0.289 e. The van der Waals surface area contributed by atoms with Crippen LogP contribution in [0, 0.1) is 13.8 Å². The van der Waals surface area contributed by atoms with Crippen LogP contribution in [0.3, 0.4) is 0 Å². The molecule has 0 N–H and O–H groups in total. The summed E-state index contributed by atoms with van der Waals surface area (Å²) in [5, 5.41) is 0. The molecular weight excluding hydrogens is 232 g/mol. The molecule has 17 heavy (non-hydrogen) atoms. The van der Waals surface area contributed by atoms with Crippen molar-refractivity contribution in [2.24, 2.45) is 0 Å². The van der Waals surface area contributed by atoms with Gasteiger partial charge in [-0.1, -0.05) is 24.3 Å². The average Bonchev–Trinajstić information content (AvgIpc) is 2.62. The smallest absolute Gasteiger partial charge is 0.195 e. The van der Waals surface area contributed by atoms with E-state index in [0.717, 1.165) is 9.75 Å². The zero-order valence-electron chi connectivity index (χ0n) is 9.53. The van der Waals surface area contributed by atoms with Gasteiger partial charge in [-0.05, 0) is 13.8 Å². The minimum atomic E-state index is -0.0166. The highest BCUT2D eigenvalue weighted by atomic mass is 32.1. The normalized spacial score (nSPS) is 13.5. The Bertz CT molecular complexity index is 609. The first-order valence-electron chi connectivity index (χ1n) is 5.39. The van der Waals surface area contributed by atoms with Crippen molar-refractivity contribution < 1.29 is 9.59 Å². The van der Waals surface area contributed by atoms with E-state index in [2.05, 4.69) is 0 Å². The summed E-state index contributed by atoms with van der Waals surface area (Å²) in [4.78, 5) is 26.6. The molecule has 2 nitrogen and oxygen atoms in total. The number of hydrogen-bond acceptors (Lipinski definition) is 3. The van der Waals surface area contributed by atoms with E-state index in [0.29, 0.717) is 22.3 Å². The number of carbonyl (C=O) groups excluding carboxylic acids is 2. The molecule has 1 aliphatic carbocycles. The molecule has 84 valence electrons. The molecular formula is C14H10O2S. The van der Waals surface area contributed by atoms with Crippen LogP contribution in [0.25, 0.3) is 0 Å². The van der Waals surface area contributed by atoms with E-state index in [-0.39, 0.29) is 11.6 Å². The van der Waals surface area contributed by atoms with E-state index < -0.39 is 0 Å². The summed E-state index contributed by atoms with van der Waals surface area (Å²) in [7, 11) is 0. The van der Waals surface area contributed by atoms with E-state index in [4.69, 9.17) is 0 Å². The van der Waals surface area contributed by atoms with E-state index in [1.165, 1.54) is 11.3 Å². The first-order chi connectivity index (χ1) is 8.11. The summed E-state index contributed by atoms with van der Waals surface area (Å²) in [6.45, 7) is 3.80. The highest BCUT2D eigenvalue weighted by molar-refractivity contribution is 7.12. The number of ketones is 2. The zero-order chi connectivity index (χ0) is 12.2. The average molecular weight is 242 g/mol. The van der Waals surface area contributed by atoms with Crippen LogP contribution in [-0.2, 0) is 0 Å². The fourth-order valence-corrected chi connectivity index (χ4v) is 3.43. The number of hydrogen-bond donors (Lipinski definition) is 0. The molecule has 0 saturated heterocycles. The molecule has 3 heteroatoms. The van der Waals surface area contributed by atoms with Gasteiger partial charge in [0, 0.05) is 32.0 Å². The lowest BCUT2D eigenvalue weighted by Gasteiger charge is -2.15. The molecule has 0 fully saturated rings. The fourth-order valence-electron chi connectivity index (χ4n) is 2.38. The molecule has 1 aliphatic rings. The topological polar surface area (TPSA) is 34.1 Å². The summed E-state index contributed by atoms with van der Waals surface area (Å²) < 4.78 is 0. The van der Waals surface area contributed by atoms with Crippen molar-refractivity contribution in [2.75, 3.05) is 0 Å². The maximum Gasteiger partial charge on any atom is 0.195 e. The van der Waals surface area contributed by atoms with Crippen molar-refractivity contribution in [1.29, 1.82) is 0 Å². The lowest BCUT2D eigenvalue weighted by atomic mass is 9.84. The monoisotopic (exact) mass is 242 g/mol. The first kappa shape index (κ1) is 10.4. The van der Waals surface area contributed by atoms with Gasteiger partial charge in [0.2, 0.25) is 0 Å². The number of rotatable bonds is 0. The van der Waals surface area contributed by atoms with Gasteiger partial charge < -0.3 is 0 Å². The quantitative estimate of drug-likeness (QED) is 0.607. The summed E-state index contributed by atoms with van der Waals surface area (Å²) in [6, 6.07) is 7.04. The molecule has 0 saturated carbocycles. The van der Waals surface area contributed by atoms with Crippen LogP contribution >= 0.6 is 11.3 Å². The van der Waals surface area contributed by atoms with Gasteiger partial charge in [0.05, 0.1) is 0 Å². The molecule has 0 unspecified atom stereocenters. The van der Waals surface area contributed by atoms with Crippen molar-refractivity contribution in [2.45, 2.75) is 13.8 Å². The Labute approximate surface area is 103 Å². The Kier molecular flexibility index (Phi) is 2.07. The second-order valence-corrected chi connectivity index (χ2v) is 5.60. The maximum absolute atomic E-state index is 12.3. The number of aryl methyl sites for hydroxylation is 2. The molecule has 3 rings (SSSR count). The molecule has 0 radical (unpaired) electrons. The minimum absolute atomic E-state index is 0.0166. The molecule has 1 aromatic heterocycles. The third-order valence-electron chi connectivity index (χ3n) is 3.13. The van der Waals surface area contributed by atoms with Crippen molar-refractivity contribution in [1.82, 2.24) is 0 Å². The minimum Gasteiger partial charge on any atom is -0.289 e. The van der Waals surface area contributed by atoms with Gasteiger partial charge in [0.25, 0.3) is 0 Å². The van der Waals surface area contributed by atoms with E-state index >= 15 is 0 Å². The summed E-state index contributed by atoms with van der Waals surface area (Å²) >= 11 is 1.52. The van der Waals surface area contributed by atoms with Crippen LogP contribution < -0.4 is 0 Å². The van der Waals surface area contributed by atoms with Crippen molar-refractivity contribution in [3.8, 4) is 0 Å². The van der Waals surface area contributed by atoms with Crippen LogP contribution in [0.1, 0.15) is 41.6 Å².